The average molecular weight is 685 g/mol. The van der Waals surface area contributed by atoms with Crippen molar-refractivity contribution in [3.63, 3.8) is 0 Å². The highest BCUT2D eigenvalue weighted by Crippen LogP contribution is 2.45. The fourth-order valence-electron chi connectivity index (χ4n) is 6.07. The van der Waals surface area contributed by atoms with Crippen molar-refractivity contribution in [1.82, 2.24) is 5.32 Å². The van der Waals surface area contributed by atoms with Crippen LogP contribution < -0.4 is 16.0 Å². The molecular formula is C37H40N4O9. The number of nitrogens with one attached hydrogen (secondary N) is 1. The maximum absolute atomic E-state index is 13.7. The first-order chi connectivity index (χ1) is 23.9. The molecule has 262 valence electrons. The lowest BCUT2D eigenvalue weighted by molar-refractivity contribution is -0.143. The lowest BCUT2D eigenvalue weighted by atomic mass is 9.79. The fourth-order valence-corrected chi connectivity index (χ4v) is 6.07. The van der Waals surface area contributed by atoms with Gasteiger partial charge in [0.1, 0.15) is 18.1 Å². The van der Waals surface area contributed by atoms with Gasteiger partial charge in [-0.2, -0.15) is 5.26 Å². The standard InChI is InChI=1S/C37H40N4O9/c1-20(2)50-36(44)28-22(4)40-21(3)27(35(43)49-17-16-46-5)30(28)24-14-11-15-25(18-24)41-32(37(45)48-7)31(34(42)47-6)29(26(19-38)33(41)39)23-12-9-8-10-13-23/h8-15,18,20,29-30,40H,16-17,39H2,1-7H3. The lowest BCUT2D eigenvalue weighted by Gasteiger charge is -2.36. The molecule has 2 aromatic rings. The fraction of sp³-hybridized carbons (Fsp3) is 0.324. The second-order valence-electron chi connectivity index (χ2n) is 11.6. The van der Waals surface area contributed by atoms with E-state index in [-0.39, 0.29) is 52.7 Å². The first-order valence-electron chi connectivity index (χ1n) is 15.7. The van der Waals surface area contributed by atoms with Gasteiger partial charge in [-0.05, 0) is 51.0 Å². The van der Waals surface area contributed by atoms with Gasteiger partial charge >= 0.3 is 23.9 Å². The van der Waals surface area contributed by atoms with Crippen LogP contribution in [0.5, 0.6) is 0 Å². The van der Waals surface area contributed by atoms with Crippen LogP contribution in [0, 0.1) is 11.3 Å². The van der Waals surface area contributed by atoms with E-state index >= 15 is 0 Å². The molecule has 50 heavy (non-hydrogen) atoms. The first-order valence-corrected chi connectivity index (χ1v) is 15.7. The van der Waals surface area contributed by atoms with Crippen LogP contribution in [0.25, 0.3) is 0 Å². The van der Waals surface area contributed by atoms with Crippen LogP contribution in [-0.2, 0) is 42.9 Å². The van der Waals surface area contributed by atoms with Crippen LogP contribution in [0.4, 0.5) is 5.69 Å². The smallest absolute Gasteiger partial charge is 0.355 e. The van der Waals surface area contributed by atoms with E-state index in [2.05, 4.69) is 11.4 Å². The number of anilines is 1. The molecule has 2 aliphatic heterocycles. The van der Waals surface area contributed by atoms with E-state index in [4.69, 9.17) is 29.4 Å². The van der Waals surface area contributed by atoms with Gasteiger partial charge in [0, 0.05) is 24.2 Å². The molecule has 3 N–H and O–H groups in total. The third-order valence-corrected chi connectivity index (χ3v) is 8.14. The average Bonchev–Trinajstić information content (AvgIpc) is 3.10. The minimum atomic E-state index is -1.06. The number of ether oxygens (including phenoxy) is 5. The lowest BCUT2D eigenvalue weighted by Crippen LogP contribution is -2.41. The molecule has 0 saturated heterocycles. The summed E-state index contributed by atoms with van der Waals surface area (Å²) in [6.07, 6.45) is -0.469. The van der Waals surface area contributed by atoms with Crippen LogP contribution in [0.3, 0.4) is 0 Å². The Hall–Kier alpha value is -5.87. The highest BCUT2D eigenvalue weighted by atomic mass is 16.6. The zero-order valence-corrected chi connectivity index (χ0v) is 29.0. The van der Waals surface area contributed by atoms with Crippen molar-refractivity contribution in [3.05, 3.63) is 111 Å². The second-order valence-corrected chi connectivity index (χ2v) is 11.6. The highest BCUT2D eigenvalue weighted by Gasteiger charge is 2.44. The van der Waals surface area contributed by atoms with Crippen molar-refractivity contribution in [3.8, 4) is 6.07 Å². The van der Waals surface area contributed by atoms with Gasteiger partial charge in [-0.15, -0.1) is 0 Å². The zero-order valence-electron chi connectivity index (χ0n) is 29.0. The number of carbonyl (C=O) groups excluding carboxylic acids is 4. The SMILES string of the molecule is COCCOC(=O)C1=C(C)NC(C)=C(C(=O)OC(C)C)C1c1cccc(N2C(N)=C(C#N)C(c3ccccc3)C(C(=O)OC)=C2C(=O)OC)c1. The zero-order chi connectivity index (χ0) is 36.7. The highest BCUT2D eigenvalue weighted by molar-refractivity contribution is 6.06. The molecule has 0 radical (unpaired) electrons. The van der Waals surface area contributed by atoms with Gasteiger partial charge in [0.15, 0.2) is 0 Å². The molecule has 0 bridgehead atoms. The van der Waals surface area contributed by atoms with Gasteiger partial charge in [-0.3, -0.25) is 4.90 Å². The van der Waals surface area contributed by atoms with Crippen LogP contribution in [0.15, 0.2) is 99.8 Å². The van der Waals surface area contributed by atoms with Crippen molar-refractivity contribution >= 4 is 29.6 Å². The summed E-state index contributed by atoms with van der Waals surface area (Å²) in [6.45, 7) is 6.92. The number of rotatable bonds is 11. The molecule has 2 unspecified atom stereocenters. The predicted molar refractivity (Wildman–Crippen MR) is 181 cm³/mol. The van der Waals surface area contributed by atoms with Gasteiger partial charge in [0.05, 0.1) is 67.1 Å². The molecule has 0 fully saturated rings. The Morgan fingerprint density at radius 2 is 1.44 bits per heavy atom. The molecule has 4 rings (SSSR count). The van der Waals surface area contributed by atoms with E-state index in [1.54, 1.807) is 82.3 Å². The number of hydrogen-bond acceptors (Lipinski definition) is 13. The normalized spacial score (nSPS) is 17.7. The quantitative estimate of drug-likeness (QED) is 0.198. The molecule has 0 spiro atoms. The number of nitrogens with zero attached hydrogens (tertiary/aromatic N) is 2. The monoisotopic (exact) mass is 684 g/mol. The molecule has 13 nitrogen and oxygen atoms in total. The Morgan fingerprint density at radius 3 is 2.02 bits per heavy atom. The minimum absolute atomic E-state index is 0.0217. The van der Waals surface area contributed by atoms with Gasteiger partial charge in [-0.1, -0.05) is 42.5 Å². The molecule has 2 heterocycles. The van der Waals surface area contributed by atoms with Crippen LogP contribution >= 0.6 is 0 Å². The van der Waals surface area contributed by atoms with E-state index in [9.17, 15) is 24.4 Å². The van der Waals surface area contributed by atoms with Crippen molar-refractivity contribution in [1.29, 1.82) is 5.26 Å². The summed E-state index contributed by atoms with van der Waals surface area (Å²) >= 11 is 0. The minimum Gasteiger partial charge on any atom is -0.466 e. The van der Waals surface area contributed by atoms with E-state index in [1.807, 2.05) is 0 Å². The Balaban J connectivity index is 2.01. The number of allylic oxidation sites excluding steroid dienone is 3. The van der Waals surface area contributed by atoms with Crippen molar-refractivity contribution < 1.29 is 42.9 Å². The number of methoxy groups -OCH3 is 3. The molecule has 0 aromatic heterocycles. The molecule has 2 aliphatic rings. The number of nitrogens with two attached hydrogens (primary N) is 1. The van der Waals surface area contributed by atoms with Crippen molar-refractivity contribution in [2.24, 2.45) is 5.73 Å². The second kappa shape index (κ2) is 16.0. The Kier molecular flexibility index (Phi) is 11.8. The van der Waals surface area contributed by atoms with Crippen molar-refractivity contribution in [2.75, 3.05) is 39.4 Å². The molecule has 0 aliphatic carbocycles. The Bertz CT molecular complexity index is 1850. The largest absolute Gasteiger partial charge is 0.466 e. The number of carbonyl (C=O) groups is 4. The van der Waals surface area contributed by atoms with E-state index in [0.717, 1.165) is 14.2 Å². The van der Waals surface area contributed by atoms with Gasteiger partial charge in [0.25, 0.3) is 0 Å². The van der Waals surface area contributed by atoms with Gasteiger partial charge < -0.3 is 34.7 Å². The van der Waals surface area contributed by atoms with Gasteiger partial charge in [0.2, 0.25) is 0 Å². The maximum atomic E-state index is 13.7. The summed E-state index contributed by atoms with van der Waals surface area (Å²) in [5.41, 5.74) is 8.61. The summed E-state index contributed by atoms with van der Waals surface area (Å²) in [6, 6.07) is 17.3. The third kappa shape index (κ3) is 7.25. The summed E-state index contributed by atoms with van der Waals surface area (Å²) in [4.78, 5) is 55.7. The van der Waals surface area contributed by atoms with Crippen LogP contribution in [0.2, 0.25) is 0 Å². The molecular weight excluding hydrogens is 644 g/mol. The Labute approximate surface area is 290 Å². The summed E-state index contributed by atoms with van der Waals surface area (Å²) in [7, 11) is 3.79. The number of benzene rings is 2. The maximum Gasteiger partial charge on any atom is 0.355 e. The number of hydrogen-bond donors (Lipinski definition) is 2. The summed E-state index contributed by atoms with van der Waals surface area (Å²) < 4.78 is 26.5. The van der Waals surface area contributed by atoms with E-state index in [0.29, 0.717) is 22.5 Å². The summed E-state index contributed by atoms with van der Waals surface area (Å²) in [5, 5.41) is 13.6. The third-order valence-electron chi connectivity index (χ3n) is 8.14. The van der Waals surface area contributed by atoms with Crippen LogP contribution in [0.1, 0.15) is 50.7 Å². The summed E-state index contributed by atoms with van der Waals surface area (Å²) in [5.74, 6) is -5.37. The number of dihydropyridines is 1. The molecule has 2 aromatic carbocycles. The number of nitriles is 1. The predicted octanol–water partition coefficient (Wildman–Crippen LogP) is 3.96. The number of esters is 4. The molecule has 0 saturated carbocycles. The molecule has 13 heteroatoms. The van der Waals surface area contributed by atoms with Gasteiger partial charge in [-0.25, -0.2) is 19.2 Å². The Morgan fingerprint density at radius 1 is 0.820 bits per heavy atom. The van der Waals surface area contributed by atoms with Crippen molar-refractivity contribution in [2.45, 2.75) is 45.6 Å². The van der Waals surface area contributed by atoms with E-state index in [1.165, 1.54) is 12.0 Å². The van der Waals surface area contributed by atoms with Crippen LogP contribution in [-0.4, -0.2) is 64.5 Å². The molecule has 2 atom stereocenters. The topological polar surface area (TPSA) is 180 Å². The van der Waals surface area contributed by atoms with E-state index < -0.39 is 41.8 Å². The first kappa shape index (κ1) is 37.0. The molecule has 0 amide bonds.